The third-order valence-corrected chi connectivity index (χ3v) is 6.24. The zero-order valence-corrected chi connectivity index (χ0v) is 18.0. The number of aromatic amines is 1. The van der Waals surface area contributed by atoms with Crippen molar-refractivity contribution in [2.45, 2.75) is 51.2 Å². The van der Waals surface area contributed by atoms with E-state index in [0.29, 0.717) is 61.5 Å². The topological polar surface area (TPSA) is 118 Å². The molecule has 0 amide bonds. The first kappa shape index (κ1) is 20.9. The molecule has 0 spiro atoms. The minimum atomic E-state index is -0.163. The van der Waals surface area contributed by atoms with E-state index in [1.807, 2.05) is 21.7 Å². The van der Waals surface area contributed by atoms with E-state index < -0.39 is 0 Å². The van der Waals surface area contributed by atoms with Crippen LogP contribution < -0.4 is 15.0 Å². The number of hydrogen-bond acceptors (Lipinski definition) is 8. The van der Waals surface area contributed by atoms with Crippen molar-refractivity contribution in [3.63, 3.8) is 0 Å². The van der Waals surface area contributed by atoms with Crippen molar-refractivity contribution in [1.29, 1.82) is 0 Å². The number of tetrazole rings is 1. The summed E-state index contributed by atoms with van der Waals surface area (Å²) in [6, 6.07) is 5.89. The van der Waals surface area contributed by atoms with Crippen molar-refractivity contribution < 1.29 is 14.6 Å². The van der Waals surface area contributed by atoms with Gasteiger partial charge in [0.25, 0.3) is 5.56 Å². The average Bonchev–Trinajstić information content (AvgIpc) is 3.27. The molecule has 1 saturated carbocycles. The highest BCUT2D eigenvalue weighted by atomic mass is 16.6. The molecule has 3 aromatic rings. The van der Waals surface area contributed by atoms with Crippen LogP contribution in [0.3, 0.4) is 0 Å². The third kappa shape index (κ3) is 4.33. The number of fused-ring (bicyclic) bond motifs is 2. The monoisotopic (exact) mass is 440 g/mol. The van der Waals surface area contributed by atoms with Crippen molar-refractivity contribution in [1.82, 2.24) is 30.1 Å². The fraction of sp³-hybridized carbons (Fsp3) is 0.545. The maximum absolute atomic E-state index is 12.8. The van der Waals surface area contributed by atoms with Crippen molar-refractivity contribution in [3.8, 4) is 11.5 Å². The summed E-state index contributed by atoms with van der Waals surface area (Å²) in [6.07, 6.45) is 5.80. The van der Waals surface area contributed by atoms with Crippen LogP contribution in [0.1, 0.15) is 49.5 Å². The molecule has 2 aromatic heterocycles. The summed E-state index contributed by atoms with van der Waals surface area (Å²) in [5.41, 5.74) is 1.15. The minimum absolute atomic E-state index is 0.0187. The Kier molecular flexibility index (Phi) is 6.04. The zero-order chi connectivity index (χ0) is 21.9. The van der Waals surface area contributed by atoms with E-state index in [9.17, 15) is 9.90 Å². The second-order valence-electron chi connectivity index (χ2n) is 8.47. The number of pyridine rings is 1. The quantitative estimate of drug-likeness (QED) is 0.571. The molecule has 1 fully saturated rings. The zero-order valence-electron chi connectivity index (χ0n) is 18.0. The smallest absolute Gasteiger partial charge is 0.252 e. The average molecular weight is 441 g/mol. The van der Waals surface area contributed by atoms with Gasteiger partial charge in [-0.2, -0.15) is 0 Å². The summed E-state index contributed by atoms with van der Waals surface area (Å²) in [5, 5.41) is 22.9. The van der Waals surface area contributed by atoms with Gasteiger partial charge in [-0.25, -0.2) is 4.68 Å². The number of aliphatic hydroxyl groups excluding tert-OH is 1. The van der Waals surface area contributed by atoms with Crippen LogP contribution in [0, 0.1) is 0 Å². The number of nitrogens with one attached hydrogen (secondary N) is 1. The van der Waals surface area contributed by atoms with E-state index in [4.69, 9.17) is 9.47 Å². The Balaban J connectivity index is 1.39. The van der Waals surface area contributed by atoms with Gasteiger partial charge in [0.1, 0.15) is 13.2 Å². The Hall–Kier alpha value is -2.98. The summed E-state index contributed by atoms with van der Waals surface area (Å²) >= 11 is 0. The molecule has 0 bridgehead atoms. The number of rotatable bonds is 7. The van der Waals surface area contributed by atoms with Gasteiger partial charge in [-0.3, -0.25) is 9.69 Å². The molecule has 32 heavy (non-hydrogen) atoms. The number of aromatic nitrogens is 5. The standard InChI is InChI=1S/C22H28N6O4/c29-7-6-27(14-21-24-25-26-28(21)17-4-2-1-3-5-17)13-16-10-15-11-19-20(32-9-8-31-19)12-18(15)23-22(16)30/h10-12,17,29H,1-9,13-14H2,(H,23,30). The van der Waals surface area contributed by atoms with Crippen LogP contribution in [-0.4, -0.2) is 61.6 Å². The van der Waals surface area contributed by atoms with E-state index >= 15 is 0 Å². The summed E-state index contributed by atoms with van der Waals surface area (Å²) in [5.74, 6) is 2.09. The number of ether oxygens (including phenoxy) is 2. The number of benzene rings is 1. The van der Waals surface area contributed by atoms with Crippen molar-refractivity contribution in [3.05, 3.63) is 39.9 Å². The predicted octanol–water partition coefficient (Wildman–Crippen LogP) is 1.79. The highest BCUT2D eigenvalue weighted by Gasteiger charge is 2.22. The molecule has 10 nitrogen and oxygen atoms in total. The van der Waals surface area contributed by atoms with E-state index in [-0.39, 0.29) is 12.2 Å². The Morgan fingerprint density at radius 1 is 1.09 bits per heavy atom. The van der Waals surface area contributed by atoms with Gasteiger partial charge in [-0.1, -0.05) is 19.3 Å². The van der Waals surface area contributed by atoms with Crippen LogP contribution in [-0.2, 0) is 13.1 Å². The summed E-state index contributed by atoms with van der Waals surface area (Å²) in [7, 11) is 0. The molecule has 5 rings (SSSR count). The summed E-state index contributed by atoms with van der Waals surface area (Å²) in [6.45, 7) is 2.23. The Bertz CT molecular complexity index is 1140. The molecule has 1 aliphatic heterocycles. The number of H-pyrrole nitrogens is 1. The number of hydrogen-bond donors (Lipinski definition) is 2. The maximum atomic E-state index is 12.8. The molecule has 1 aromatic carbocycles. The van der Waals surface area contributed by atoms with Crippen molar-refractivity contribution in [2.24, 2.45) is 0 Å². The molecule has 2 N–H and O–H groups in total. The lowest BCUT2D eigenvalue weighted by molar-refractivity contribution is 0.172. The van der Waals surface area contributed by atoms with E-state index in [2.05, 4.69) is 20.5 Å². The lowest BCUT2D eigenvalue weighted by atomic mass is 9.95. The van der Waals surface area contributed by atoms with Crippen LogP contribution in [0.5, 0.6) is 11.5 Å². The summed E-state index contributed by atoms with van der Waals surface area (Å²) in [4.78, 5) is 17.7. The lowest BCUT2D eigenvalue weighted by Crippen LogP contribution is -2.31. The van der Waals surface area contributed by atoms with Gasteiger partial charge in [0.2, 0.25) is 0 Å². The highest BCUT2D eigenvalue weighted by Crippen LogP contribution is 2.34. The maximum Gasteiger partial charge on any atom is 0.252 e. The molecule has 0 unspecified atom stereocenters. The van der Waals surface area contributed by atoms with E-state index in [0.717, 1.165) is 24.1 Å². The molecule has 170 valence electrons. The van der Waals surface area contributed by atoms with Gasteiger partial charge in [-0.15, -0.1) is 5.10 Å². The first-order valence-electron chi connectivity index (χ1n) is 11.3. The molecular formula is C22H28N6O4. The molecule has 0 saturated heterocycles. The largest absolute Gasteiger partial charge is 0.486 e. The molecule has 3 heterocycles. The van der Waals surface area contributed by atoms with Crippen LogP contribution >= 0.6 is 0 Å². The van der Waals surface area contributed by atoms with Crippen molar-refractivity contribution >= 4 is 10.9 Å². The molecule has 1 aliphatic carbocycles. The second kappa shape index (κ2) is 9.25. The van der Waals surface area contributed by atoms with Crippen LogP contribution in [0.4, 0.5) is 0 Å². The van der Waals surface area contributed by atoms with Gasteiger partial charge in [0.05, 0.1) is 24.7 Å². The number of aliphatic hydroxyl groups is 1. The third-order valence-electron chi connectivity index (χ3n) is 6.24. The SMILES string of the molecule is O=c1[nH]c2cc3c(cc2cc1CN(CCO)Cc1nnnn1C1CCCCC1)OCCO3. The molecule has 0 atom stereocenters. The number of nitrogens with zero attached hydrogens (tertiary/aromatic N) is 5. The van der Waals surface area contributed by atoms with Crippen LogP contribution in [0.15, 0.2) is 23.0 Å². The predicted molar refractivity (Wildman–Crippen MR) is 117 cm³/mol. The lowest BCUT2D eigenvalue weighted by Gasteiger charge is -2.25. The minimum Gasteiger partial charge on any atom is -0.486 e. The first-order chi connectivity index (χ1) is 15.7. The van der Waals surface area contributed by atoms with Crippen molar-refractivity contribution in [2.75, 3.05) is 26.4 Å². The van der Waals surface area contributed by atoms with Gasteiger partial charge < -0.3 is 19.6 Å². The van der Waals surface area contributed by atoms with Gasteiger partial charge in [0, 0.05) is 30.1 Å². The summed E-state index contributed by atoms with van der Waals surface area (Å²) < 4.78 is 13.2. The fourth-order valence-electron chi connectivity index (χ4n) is 4.63. The van der Waals surface area contributed by atoms with E-state index in [1.54, 1.807) is 6.07 Å². The molecular weight excluding hydrogens is 412 g/mol. The Labute approximate surface area is 185 Å². The fourth-order valence-corrected chi connectivity index (χ4v) is 4.63. The van der Waals surface area contributed by atoms with Gasteiger partial charge in [0.15, 0.2) is 17.3 Å². The first-order valence-corrected chi connectivity index (χ1v) is 11.3. The molecule has 0 radical (unpaired) electrons. The highest BCUT2D eigenvalue weighted by molar-refractivity contribution is 5.83. The second-order valence-corrected chi connectivity index (χ2v) is 8.47. The van der Waals surface area contributed by atoms with E-state index in [1.165, 1.54) is 19.3 Å². The van der Waals surface area contributed by atoms with Crippen LogP contribution in [0.2, 0.25) is 0 Å². The van der Waals surface area contributed by atoms with Gasteiger partial charge >= 0.3 is 0 Å². The van der Waals surface area contributed by atoms with Gasteiger partial charge in [-0.05, 0) is 35.4 Å². The normalized spacial score (nSPS) is 16.7. The van der Waals surface area contributed by atoms with Crippen LogP contribution in [0.25, 0.3) is 10.9 Å². The Morgan fingerprint density at radius 2 is 1.88 bits per heavy atom. The molecule has 2 aliphatic rings. The Morgan fingerprint density at radius 3 is 2.66 bits per heavy atom. The molecule has 10 heteroatoms.